The topological polar surface area (TPSA) is 55.0 Å². The molecule has 1 heterocycles. The quantitative estimate of drug-likeness (QED) is 0.809. The lowest BCUT2D eigenvalue weighted by molar-refractivity contribution is 0.599. The van der Waals surface area contributed by atoms with Crippen LogP contribution in [0.25, 0.3) is 0 Å². The van der Waals surface area contributed by atoms with Crippen LogP contribution in [-0.4, -0.2) is 23.1 Å². The molecule has 1 rings (SSSR count). The van der Waals surface area contributed by atoms with Crippen molar-refractivity contribution in [2.45, 2.75) is 26.7 Å². The Labute approximate surface area is 89.3 Å². The summed E-state index contributed by atoms with van der Waals surface area (Å²) >= 11 is 0. The number of aromatic nitrogens is 2. The number of hydrogen-bond donors (Lipinski definition) is 1. The lowest BCUT2D eigenvalue weighted by atomic mass is 10.3. The first kappa shape index (κ1) is 11.7. The third-order valence-corrected chi connectivity index (χ3v) is 2.21. The summed E-state index contributed by atoms with van der Waals surface area (Å²) in [5.41, 5.74) is 5.43. The number of nitrogens with two attached hydrogens (primary N) is 1. The van der Waals surface area contributed by atoms with Crippen LogP contribution in [0.4, 0.5) is 16.2 Å². The predicted octanol–water partition coefficient (Wildman–Crippen LogP) is 1.82. The Kier molecular flexibility index (Phi) is 4.27. The van der Waals surface area contributed by atoms with Crippen LogP contribution in [0, 0.1) is 5.82 Å². The fraction of sp³-hybridized carbons (Fsp3) is 0.600. The van der Waals surface area contributed by atoms with Gasteiger partial charge >= 0.3 is 0 Å². The number of unbranched alkanes of at least 4 members (excludes halogenated alkanes) is 1. The molecule has 84 valence electrons. The number of anilines is 2. The van der Waals surface area contributed by atoms with Crippen molar-refractivity contribution < 1.29 is 4.39 Å². The highest BCUT2D eigenvalue weighted by Crippen LogP contribution is 2.16. The van der Waals surface area contributed by atoms with Crippen molar-refractivity contribution in [1.82, 2.24) is 9.97 Å². The summed E-state index contributed by atoms with van der Waals surface area (Å²) in [6.07, 6.45) is 3.20. The van der Waals surface area contributed by atoms with Crippen LogP contribution in [-0.2, 0) is 0 Å². The van der Waals surface area contributed by atoms with Crippen LogP contribution in [0.5, 0.6) is 0 Å². The van der Waals surface area contributed by atoms with Crippen LogP contribution < -0.4 is 10.6 Å². The molecule has 0 aliphatic carbocycles. The van der Waals surface area contributed by atoms with E-state index < -0.39 is 5.82 Å². The van der Waals surface area contributed by atoms with Crippen LogP contribution in [0.3, 0.4) is 0 Å². The normalized spacial score (nSPS) is 10.3. The molecule has 0 spiro atoms. The predicted molar refractivity (Wildman–Crippen MR) is 59.2 cm³/mol. The molecule has 0 aromatic carbocycles. The average Bonchev–Trinajstić information content (AvgIpc) is 2.24. The van der Waals surface area contributed by atoms with Crippen molar-refractivity contribution in [2.24, 2.45) is 0 Å². The monoisotopic (exact) mass is 212 g/mol. The van der Waals surface area contributed by atoms with Crippen LogP contribution in [0.15, 0.2) is 6.20 Å². The van der Waals surface area contributed by atoms with Crippen molar-refractivity contribution in [1.29, 1.82) is 0 Å². The van der Waals surface area contributed by atoms with E-state index in [9.17, 15) is 4.39 Å². The van der Waals surface area contributed by atoms with Gasteiger partial charge < -0.3 is 10.6 Å². The fourth-order valence-corrected chi connectivity index (χ4v) is 1.36. The van der Waals surface area contributed by atoms with Gasteiger partial charge in [0.2, 0.25) is 5.95 Å². The van der Waals surface area contributed by atoms with Crippen LogP contribution in [0.1, 0.15) is 26.7 Å². The molecule has 0 atom stereocenters. The van der Waals surface area contributed by atoms with E-state index in [0.717, 1.165) is 25.6 Å². The molecule has 0 saturated heterocycles. The van der Waals surface area contributed by atoms with Gasteiger partial charge in [0.1, 0.15) is 0 Å². The highest BCUT2D eigenvalue weighted by molar-refractivity contribution is 5.42. The van der Waals surface area contributed by atoms with E-state index in [4.69, 9.17) is 5.73 Å². The minimum absolute atomic E-state index is 0.112. The second-order valence-electron chi connectivity index (χ2n) is 3.33. The minimum atomic E-state index is -0.415. The molecular formula is C10H17FN4. The van der Waals surface area contributed by atoms with E-state index in [1.54, 1.807) is 0 Å². The molecular weight excluding hydrogens is 195 g/mol. The first-order chi connectivity index (χ1) is 7.19. The lowest BCUT2D eigenvalue weighted by Crippen LogP contribution is -2.26. The molecule has 0 fully saturated rings. The summed E-state index contributed by atoms with van der Waals surface area (Å²) in [5.74, 6) is 0.00181. The zero-order valence-corrected chi connectivity index (χ0v) is 9.20. The Morgan fingerprint density at radius 3 is 2.80 bits per heavy atom. The Bertz CT molecular complexity index is 316. The van der Waals surface area contributed by atoms with Gasteiger partial charge in [0, 0.05) is 13.1 Å². The number of nitrogens with zero attached hydrogens (tertiary/aromatic N) is 3. The highest BCUT2D eigenvalue weighted by Gasteiger charge is 2.12. The Morgan fingerprint density at radius 2 is 2.20 bits per heavy atom. The molecule has 15 heavy (non-hydrogen) atoms. The Hall–Kier alpha value is -1.39. The SMILES string of the molecule is CCCCN(CC)c1nc(N)ncc1F. The smallest absolute Gasteiger partial charge is 0.222 e. The van der Waals surface area contributed by atoms with Gasteiger partial charge in [0.25, 0.3) is 0 Å². The van der Waals surface area contributed by atoms with Gasteiger partial charge in [-0.2, -0.15) is 4.98 Å². The largest absolute Gasteiger partial charge is 0.368 e. The van der Waals surface area contributed by atoms with Crippen molar-refractivity contribution in [3.05, 3.63) is 12.0 Å². The highest BCUT2D eigenvalue weighted by atomic mass is 19.1. The minimum Gasteiger partial charge on any atom is -0.368 e. The molecule has 0 radical (unpaired) electrons. The molecule has 2 N–H and O–H groups in total. The molecule has 4 nitrogen and oxygen atoms in total. The van der Waals surface area contributed by atoms with E-state index in [2.05, 4.69) is 16.9 Å². The number of nitrogen functional groups attached to an aromatic ring is 1. The maximum absolute atomic E-state index is 13.4. The number of hydrogen-bond acceptors (Lipinski definition) is 4. The average molecular weight is 212 g/mol. The van der Waals surface area contributed by atoms with Gasteiger partial charge in [-0.25, -0.2) is 9.37 Å². The molecule has 5 heteroatoms. The summed E-state index contributed by atoms with van der Waals surface area (Å²) in [7, 11) is 0. The van der Waals surface area contributed by atoms with E-state index in [1.165, 1.54) is 0 Å². The zero-order valence-electron chi connectivity index (χ0n) is 9.20. The number of halogens is 1. The maximum Gasteiger partial charge on any atom is 0.222 e. The second-order valence-corrected chi connectivity index (χ2v) is 3.33. The maximum atomic E-state index is 13.4. The first-order valence-electron chi connectivity index (χ1n) is 5.22. The van der Waals surface area contributed by atoms with Crippen molar-refractivity contribution in [3.63, 3.8) is 0 Å². The molecule has 0 bridgehead atoms. The van der Waals surface area contributed by atoms with Crippen molar-refractivity contribution in [3.8, 4) is 0 Å². The van der Waals surface area contributed by atoms with E-state index in [1.807, 2.05) is 11.8 Å². The fourth-order valence-electron chi connectivity index (χ4n) is 1.36. The third-order valence-electron chi connectivity index (χ3n) is 2.21. The van der Waals surface area contributed by atoms with Gasteiger partial charge in [-0.15, -0.1) is 0 Å². The van der Waals surface area contributed by atoms with E-state index in [0.29, 0.717) is 12.4 Å². The van der Waals surface area contributed by atoms with Gasteiger partial charge in [-0.05, 0) is 13.3 Å². The van der Waals surface area contributed by atoms with Crippen LogP contribution >= 0.6 is 0 Å². The summed E-state index contributed by atoms with van der Waals surface area (Å²) in [6, 6.07) is 0. The third kappa shape index (κ3) is 3.04. The molecule has 0 aliphatic heterocycles. The molecule has 1 aromatic rings. The van der Waals surface area contributed by atoms with Gasteiger partial charge in [0.05, 0.1) is 6.20 Å². The Balaban J connectivity index is 2.85. The lowest BCUT2D eigenvalue weighted by Gasteiger charge is -2.21. The molecule has 1 aromatic heterocycles. The molecule has 0 unspecified atom stereocenters. The van der Waals surface area contributed by atoms with E-state index in [-0.39, 0.29) is 5.95 Å². The first-order valence-corrected chi connectivity index (χ1v) is 5.22. The standard InChI is InChI=1S/C10H17FN4/c1-3-5-6-15(4-2)9-8(11)7-13-10(12)14-9/h7H,3-6H2,1-2H3,(H2,12,13,14). The molecule has 0 amide bonds. The van der Waals surface area contributed by atoms with Gasteiger partial charge in [-0.1, -0.05) is 13.3 Å². The summed E-state index contributed by atoms with van der Waals surface area (Å²) < 4.78 is 13.4. The molecule has 0 saturated carbocycles. The van der Waals surface area contributed by atoms with Gasteiger partial charge in [-0.3, -0.25) is 0 Å². The van der Waals surface area contributed by atoms with Crippen molar-refractivity contribution >= 4 is 11.8 Å². The van der Waals surface area contributed by atoms with Gasteiger partial charge in [0.15, 0.2) is 11.6 Å². The van der Waals surface area contributed by atoms with Crippen molar-refractivity contribution in [2.75, 3.05) is 23.7 Å². The summed E-state index contributed by atoms with van der Waals surface area (Å²) in [4.78, 5) is 9.39. The molecule has 0 aliphatic rings. The summed E-state index contributed by atoms with van der Waals surface area (Å²) in [5, 5.41) is 0. The Morgan fingerprint density at radius 1 is 1.47 bits per heavy atom. The summed E-state index contributed by atoms with van der Waals surface area (Å²) in [6.45, 7) is 5.57. The second kappa shape index (κ2) is 5.48. The van der Waals surface area contributed by atoms with Crippen LogP contribution in [0.2, 0.25) is 0 Å². The zero-order chi connectivity index (χ0) is 11.3. The van der Waals surface area contributed by atoms with E-state index >= 15 is 0 Å². The number of rotatable bonds is 5.